The number of pyridine rings is 1. The van der Waals surface area contributed by atoms with Crippen LogP contribution in [0.1, 0.15) is 31.0 Å². The van der Waals surface area contributed by atoms with Gasteiger partial charge in [-0.2, -0.15) is 0 Å². The largest absolute Gasteiger partial charge is 0.310 e. The third-order valence-electron chi connectivity index (χ3n) is 2.72. The Bertz CT molecular complexity index is 527. The second-order valence-electron chi connectivity index (χ2n) is 4.32. The van der Waals surface area contributed by atoms with E-state index in [1.165, 1.54) is 17.3 Å². The number of nitrogens with one attached hydrogen (secondary N) is 1. The minimum absolute atomic E-state index is 0.270. The van der Waals surface area contributed by atoms with Crippen LogP contribution in [0.15, 0.2) is 40.9 Å². The molecule has 0 aliphatic heterocycles. The number of rotatable bonds is 5. The topological polar surface area (TPSA) is 50.7 Å². The Labute approximate surface area is 118 Å². The van der Waals surface area contributed by atoms with Crippen molar-refractivity contribution in [2.24, 2.45) is 0 Å². The van der Waals surface area contributed by atoms with E-state index in [0.29, 0.717) is 0 Å². The molecule has 2 rings (SSSR count). The molecule has 0 aliphatic carbocycles. The fourth-order valence-electron chi connectivity index (χ4n) is 1.75. The van der Waals surface area contributed by atoms with E-state index in [4.69, 9.17) is 0 Å². The van der Waals surface area contributed by atoms with Crippen LogP contribution < -0.4 is 5.32 Å². The van der Waals surface area contributed by atoms with Crippen LogP contribution in [0.2, 0.25) is 0 Å². The molecule has 0 fully saturated rings. The Morgan fingerprint density at radius 3 is 2.68 bits per heavy atom. The maximum atomic E-state index is 4.44. The quantitative estimate of drug-likeness (QED) is 0.849. The Balaban J connectivity index is 2.22. The van der Waals surface area contributed by atoms with Gasteiger partial charge in [0.15, 0.2) is 5.16 Å². The molecule has 0 saturated heterocycles. The van der Waals surface area contributed by atoms with Crippen molar-refractivity contribution in [2.75, 3.05) is 6.54 Å². The smallest absolute Gasteiger partial charge is 0.193 e. The summed E-state index contributed by atoms with van der Waals surface area (Å²) < 4.78 is 0. The zero-order valence-corrected chi connectivity index (χ0v) is 12.2. The summed E-state index contributed by atoms with van der Waals surface area (Å²) in [6.07, 6.45) is 5.45. The van der Waals surface area contributed by atoms with Crippen molar-refractivity contribution in [1.82, 2.24) is 20.3 Å². The summed E-state index contributed by atoms with van der Waals surface area (Å²) in [4.78, 5) is 13.1. The van der Waals surface area contributed by atoms with Crippen LogP contribution in [0.3, 0.4) is 0 Å². The van der Waals surface area contributed by atoms with Gasteiger partial charge in [0, 0.05) is 30.2 Å². The van der Waals surface area contributed by atoms with E-state index in [2.05, 4.69) is 40.2 Å². The van der Waals surface area contributed by atoms with Crippen LogP contribution in [0.5, 0.6) is 0 Å². The highest BCUT2D eigenvalue weighted by molar-refractivity contribution is 7.99. The molecule has 0 amide bonds. The van der Waals surface area contributed by atoms with Gasteiger partial charge >= 0.3 is 0 Å². The zero-order valence-electron chi connectivity index (χ0n) is 11.4. The molecular formula is C14H18N4S. The molecule has 1 unspecified atom stereocenters. The van der Waals surface area contributed by atoms with Crippen molar-refractivity contribution in [2.45, 2.75) is 37.0 Å². The van der Waals surface area contributed by atoms with E-state index in [1.807, 2.05) is 25.4 Å². The number of hydrogen-bond acceptors (Lipinski definition) is 5. The average molecular weight is 274 g/mol. The summed E-state index contributed by atoms with van der Waals surface area (Å²) in [5.41, 5.74) is 2.24. The molecule has 2 aromatic heterocycles. The summed E-state index contributed by atoms with van der Waals surface area (Å²) in [7, 11) is 0. The number of aryl methyl sites for hydroxylation is 1. The SMILES string of the molecule is CCNC(C)c1cccnc1Sc1ncc(C)cn1. The Kier molecular flexibility index (Phi) is 4.87. The first kappa shape index (κ1) is 14.0. The second-order valence-corrected chi connectivity index (χ2v) is 5.28. The lowest BCUT2D eigenvalue weighted by molar-refractivity contribution is 0.585. The van der Waals surface area contributed by atoms with Gasteiger partial charge in [-0.1, -0.05) is 13.0 Å². The van der Waals surface area contributed by atoms with Gasteiger partial charge in [-0.3, -0.25) is 0 Å². The molecule has 0 aliphatic rings. The van der Waals surface area contributed by atoms with E-state index in [0.717, 1.165) is 22.3 Å². The third-order valence-corrected chi connectivity index (χ3v) is 3.65. The molecule has 5 heteroatoms. The third kappa shape index (κ3) is 3.75. The van der Waals surface area contributed by atoms with Gasteiger partial charge in [0.25, 0.3) is 0 Å². The number of hydrogen-bond donors (Lipinski definition) is 1. The van der Waals surface area contributed by atoms with E-state index in [1.54, 1.807) is 6.20 Å². The fraction of sp³-hybridized carbons (Fsp3) is 0.357. The van der Waals surface area contributed by atoms with Crippen LogP contribution >= 0.6 is 11.8 Å². The summed E-state index contributed by atoms with van der Waals surface area (Å²) in [5.74, 6) is 0. The van der Waals surface area contributed by atoms with Crippen molar-refractivity contribution in [3.05, 3.63) is 41.9 Å². The lowest BCUT2D eigenvalue weighted by Gasteiger charge is -2.15. The van der Waals surface area contributed by atoms with Crippen molar-refractivity contribution in [3.63, 3.8) is 0 Å². The van der Waals surface area contributed by atoms with E-state index < -0.39 is 0 Å². The Morgan fingerprint density at radius 1 is 1.26 bits per heavy atom. The number of aromatic nitrogens is 3. The summed E-state index contributed by atoms with van der Waals surface area (Å²) in [6, 6.07) is 4.33. The minimum atomic E-state index is 0.270. The highest BCUT2D eigenvalue weighted by Crippen LogP contribution is 2.29. The molecule has 0 radical (unpaired) electrons. The summed E-state index contributed by atoms with van der Waals surface area (Å²) in [5, 5.41) is 5.09. The van der Waals surface area contributed by atoms with Crippen LogP contribution in [0, 0.1) is 6.92 Å². The maximum Gasteiger partial charge on any atom is 0.193 e. The fourth-order valence-corrected chi connectivity index (χ4v) is 2.61. The average Bonchev–Trinajstić information content (AvgIpc) is 2.42. The first-order valence-corrected chi connectivity index (χ1v) is 7.17. The van der Waals surface area contributed by atoms with E-state index >= 15 is 0 Å². The first-order valence-electron chi connectivity index (χ1n) is 6.35. The zero-order chi connectivity index (χ0) is 13.7. The molecule has 2 heterocycles. The molecule has 0 saturated carbocycles. The Morgan fingerprint density at radius 2 is 2.00 bits per heavy atom. The Hall–Kier alpha value is -1.46. The van der Waals surface area contributed by atoms with Crippen molar-refractivity contribution in [3.8, 4) is 0 Å². The van der Waals surface area contributed by atoms with Crippen LogP contribution in [-0.4, -0.2) is 21.5 Å². The number of nitrogens with zero attached hydrogens (tertiary/aromatic N) is 3. The highest BCUT2D eigenvalue weighted by atomic mass is 32.2. The van der Waals surface area contributed by atoms with Crippen molar-refractivity contribution >= 4 is 11.8 Å². The molecule has 1 N–H and O–H groups in total. The monoisotopic (exact) mass is 274 g/mol. The minimum Gasteiger partial charge on any atom is -0.310 e. The molecule has 0 spiro atoms. The second kappa shape index (κ2) is 6.63. The molecule has 19 heavy (non-hydrogen) atoms. The van der Waals surface area contributed by atoms with Crippen molar-refractivity contribution < 1.29 is 0 Å². The van der Waals surface area contributed by atoms with Gasteiger partial charge in [-0.05, 0) is 43.8 Å². The van der Waals surface area contributed by atoms with Crippen molar-refractivity contribution in [1.29, 1.82) is 0 Å². The van der Waals surface area contributed by atoms with Gasteiger partial charge in [-0.15, -0.1) is 0 Å². The van der Waals surface area contributed by atoms with E-state index in [-0.39, 0.29) is 6.04 Å². The molecule has 1 atom stereocenters. The predicted molar refractivity (Wildman–Crippen MR) is 77.2 cm³/mol. The lowest BCUT2D eigenvalue weighted by atomic mass is 10.1. The predicted octanol–water partition coefficient (Wildman–Crippen LogP) is 3.00. The van der Waals surface area contributed by atoms with Gasteiger partial charge in [0.1, 0.15) is 5.03 Å². The standard InChI is InChI=1S/C14H18N4S/c1-4-15-11(3)12-6-5-7-16-13(12)19-14-17-8-10(2)9-18-14/h5-9,11,15H,4H2,1-3H3. The first-order chi connectivity index (χ1) is 9.20. The molecule has 100 valence electrons. The van der Waals surface area contributed by atoms with E-state index in [9.17, 15) is 0 Å². The van der Waals surface area contributed by atoms with Crippen LogP contribution in [0.4, 0.5) is 0 Å². The van der Waals surface area contributed by atoms with Gasteiger partial charge in [-0.25, -0.2) is 15.0 Å². The normalized spacial score (nSPS) is 12.4. The summed E-state index contributed by atoms with van der Waals surface area (Å²) >= 11 is 1.50. The van der Waals surface area contributed by atoms with Crippen LogP contribution in [-0.2, 0) is 0 Å². The molecule has 0 bridgehead atoms. The molecule has 2 aromatic rings. The van der Waals surface area contributed by atoms with Crippen LogP contribution in [0.25, 0.3) is 0 Å². The van der Waals surface area contributed by atoms with Gasteiger partial charge in [0.05, 0.1) is 0 Å². The summed E-state index contributed by atoms with van der Waals surface area (Å²) in [6.45, 7) is 7.15. The van der Waals surface area contributed by atoms with Gasteiger partial charge in [0.2, 0.25) is 0 Å². The molecule has 4 nitrogen and oxygen atoms in total. The lowest BCUT2D eigenvalue weighted by Crippen LogP contribution is -2.18. The highest BCUT2D eigenvalue weighted by Gasteiger charge is 2.12. The molecule has 0 aromatic carbocycles. The molecular weight excluding hydrogens is 256 g/mol. The maximum absolute atomic E-state index is 4.44. The van der Waals surface area contributed by atoms with Gasteiger partial charge < -0.3 is 5.32 Å².